The van der Waals surface area contributed by atoms with Gasteiger partial charge in [0, 0.05) is 23.2 Å². The minimum Gasteiger partial charge on any atom is -0.281 e. The fraction of sp³-hybridized carbons (Fsp3) is 0.263. The number of benzene rings is 1. The summed E-state index contributed by atoms with van der Waals surface area (Å²) in [6, 6.07) is 10.1. The van der Waals surface area contributed by atoms with Crippen molar-refractivity contribution < 1.29 is 0 Å². The minimum atomic E-state index is 0.161. The van der Waals surface area contributed by atoms with Crippen LogP contribution in [-0.2, 0) is 12.8 Å². The number of nitriles is 1. The predicted octanol–water partition coefficient (Wildman–Crippen LogP) is 3.61. The topological polar surface area (TPSA) is 94.0 Å². The molecule has 0 saturated carbocycles. The lowest BCUT2D eigenvalue weighted by atomic mass is 9.93. The normalized spacial score (nSPS) is 12.5. The molecule has 6 nitrogen and oxygen atoms in total. The largest absolute Gasteiger partial charge is 0.281 e. The number of hydrogen-bond donors (Lipinski definition) is 2. The van der Waals surface area contributed by atoms with Gasteiger partial charge in [-0.3, -0.25) is 15.2 Å². The molecule has 0 aliphatic heterocycles. The number of rotatable bonds is 4. The molecule has 3 aromatic heterocycles. The molecule has 25 heavy (non-hydrogen) atoms. The zero-order valence-corrected chi connectivity index (χ0v) is 14.2. The van der Waals surface area contributed by atoms with E-state index in [1.54, 1.807) is 6.20 Å². The van der Waals surface area contributed by atoms with E-state index in [0.717, 1.165) is 51.7 Å². The molecule has 6 heteroatoms. The van der Waals surface area contributed by atoms with Gasteiger partial charge in [0.15, 0.2) is 0 Å². The number of aromatic amines is 2. The van der Waals surface area contributed by atoms with Gasteiger partial charge >= 0.3 is 0 Å². The van der Waals surface area contributed by atoms with Crippen molar-refractivity contribution in [2.75, 3.05) is 0 Å². The molecule has 1 atom stereocenters. The van der Waals surface area contributed by atoms with E-state index in [1.165, 1.54) is 0 Å². The molecule has 4 aromatic rings. The Bertz CT molecular complexity index is 1100. The zero-order chi connectivity index (χ0) is 17.4. The average Bonchev–Trinajstić information content (AvgIpc) is 3.24. The van der Waals surface area contributed by atoms with Crippen molar-refractivity contribution in [2.24, 2.45) is 0 Å². The molecule has 0 spiro atoms. The molecular weight excluding hydrogens is 312 g/mol. The summed E-state index contributed by atoms with van der Waals surface area (Å²) in [5.41, 5.74) is 6.42. The lowest BCUT2D eigenvalue weighted by Crippen LogP contribution is -2.02. The maximum atomic E-state index is 9.58. The van der Waals surface area contributed by atoms with Crippen LogP contribution in [0.15, 0.2) is 30.5 Å². The quantitative estimate of drug-likeness (QED) is 0.597. The standard InChI is InChI=1S/C19H18N6/c1-3-15-14-8-13(10-20)12(9-17(14)24-22-15)7-11(2)18-19-16(23-25-18)5-4-6-21-19/h4-6,8-9,11H,3,7H2,1-2H3,(H,22,24)(H,23,25). The van der Waals surface area contributed by atoms with Gasteiger partial charge in [0.1, 0.15) is 11.0 Å². The summed E-state index contributed by atoms with van der Waals surface area (Å²) >= 11 is 0. The van der Waals surface area contributed by atoms with Crippen molar-refractivity contribution in [1.82, 2.24) is 25.4 Å². The van der Waals surface area contributed by atoms with E-state index in [-0.39, 0.29) is 5.92 Å². The Balaban J connectivity index is 1.73. The van der Waals surface area contributed by atoms with Crippen LogP contribution < -0.4 is 0 Å². The number of aromatic nitrogens is 5. The third-order valence-corrected chi connectivity index (χ3v) is 4.69. The Morgan fingerprint density at radius 1 is 1.20 bits per heavy atom. The highest BCUT2D eigenvalue weighted by atomic mass is 15.1. The Kier molecular flexibility index (Phi) is 3.69. The summed E-state index contributed by atoms with van der Waals surface area (Å²) in [5, 5.41) is 25.5. The Morgan fingerprint density at radius 3 is 2.84 bits per heavy atom. The number of fused-ring (bicyclic) bond motifs is 2. The van der Waals surface area contributed by atoms with Gasteiger partial charge in [-0.05, 0) is 42.7 Å². The number of pyridine rings is 1. The fourth-order valence-electron chi connectivity index (χ4n) is 3.34. The molecule has 124 valence electrons. The minimum absolute atomic E-state index is 0.161. The van der Waals surface area contributed by atoms with Crippen LogP contribution in [0, 0.1) is 11.3 Å². The fourth-order valence-corrected chi connectivity index (χ4v) is 3.34. The van der Waals surface area contributed by atoms with E-state index >= 15 is 0 Å². The molecule has 0 radical (unpaired) electrons. The molecule has 3 heterocycles. The smallest absolute Gasteiger partial charge is 0.111 e. The summed E-state index contributed by atoms with van der Waals surface area (Å²) < 4.78 is 0. The third-order valence-electron chi connectivity index (χ3n) is 4.69. The van der Waals surface area contributed by atoms with Crippen LogP contribution in [-0.4, -0.2) is 25.4 Å². The Morgan fingerprint density at radius 2 is 2.04 bits per heavy atom. The Labute approximate surface area is 144 Å². The van der Waals surface area contributed by atoms with Gasteiger partial charge in [-0.1, -0.05) is 13.8 Å². The first-order valence-electron chi connectivity index (χ1n) is 8.40. The second kappa shape index (κ2) is 6.02. The van der Waals surface area contributed by atoms with Crippen LogP contribution in [0.25, 0.3) is 21.9 Å². The predicted molar refractivity (Wildman–Crippen MR) is 96.2 cm³/mol. The number of H-pyrrole nitrogens is 2. The van der Waals surface area contributed by atoms with Gasteiger partial charge in [0.2, 0.25) is 0 Å². The monoisotopic (exact) mass is 330 g/mol. The maximum Gasteiger partial charge on any atom is 0.111 e. The van der Waals surface area contributed by atoms with Gasteiger partial charge in [-0.2, -0.15) is 15.5 Å². The Hall–Kier alpha value is -3.20. The molecule has 0 amide bonds. The lowest BCUT2D eigenvalue weighted by molar-refractivity contribution is 0.728. The van der Waals surface area contributed by atoms with Crippen LogP contribution in [0.2, 0.25) is 0 Å². The van der Waals surface area contributed by atoms with Crippen molar-refractivity contribution >= 4 is 21.9 Å². The van der Waals surface area contributed by atoms with Crippen molar-refractivity contribution in [2.45, 2.75) is 32.6 Å². The number of hydrogen-bond acceptors (Lipinski definition) is 4. The third kappa shape index (κ3) is 2.54. The van der Waals surface area contributed by atoms with Gasteiger partial charge in [0.05, 0.1) is 22.8 Å². The van der Waals surface area contributed by atoms with Crippen LogP contribution in [0.1, 0.15) is 42.3 Å². The molecule has 1 unspecified atom stereocenters. The van der Waals surface area contributed by atoms with Crippen molar-refractivity contribution in [1.29, 1.82) is 5.26 Å². The van der Waals surface area contributed by atoms with Crippen LogP contribution in [0.4, 0.5) is 0 Å². The van der Waals surface area contributed by atoms with E-state index in [9.17, 15) is 5.26 Å². The zero-order valence-electron chi connectivity index (χ0n) is 14.2. The first kappa shape index (κ1) is 15.3. The van der Waals surface area contributed by atoms with Crippen LogP contribution in [0.5, 0.6) is 0 Å². The number of nitrogens with one attached hydrogen (secondary N) is 2. The first-order chi connectivity index (χ1) is 12.2. The summed E-state index contributed by atoms with van der Waals surface area (Å²) in [6.45, 7) is 4.19. The SMILES string of the molecule is CCc1[nH]nc2cc(CC(C)c3[nH]nc4cccnc34)c(C#N)cc12. The molecular formula is C19H18N6. The summed E-state index contributed by atoms with van der Waals surface area (Å²) in [6.07, 6.45) is 3.36. The van der Waals surface area contributed by atoms with Gasteiger partial charge in [0.25, 0.3) is 0 Å². The van der Waals surface area contributed by atoms with E-state index in [4.69, 9.17) is 0 Å². The van der Waals surface area contributed by atoms with E-state index in [1.807, 2.05) is 24.3 Å². The van der Waals surface area contributed by atoms with Crippen LogP contribution in [0.3, 0.4) is 0 Å². The van der Waals surface area contributed by atoms with E-state index in [2.05, 4.69) is 45.3 Å². The van der Waals surface area contributed by atoms with Crippen molar-refractivity contribution in [3.05, 3.63) is 53.0 Å². The average molecular weight is 330 g/mol. The van der Waals surface area contributed by atoms with E-state index in [0.29, 0.717) is 5.56 Å². The molecule has 0 saturated heterocycles. The molecule has 0 aliphatic carbocycles. The molecule has 2 N–H and O–H groups in total. The maximum absolute atomic E-state index is 9.58. The highest BCUT2D eigenvalue weighted by molar-refractivity contribution is 5.84. The second-order valence-electron chi connectivity index (χ2n) is 6.31. The molecule has 0 fully saturated rings. The van der Waals surface area contributed by atoms with E-state index < -0.39 is 0 Å². The van der Waals surface area contributed by atoms with Crippen LogP contribution >= 0.6 is 0 Å². The lowest BCUT2D eigenvalue weighted by Gasteiger charge is -2.11. The summed E-state index contributed by atoms with van der Waals surface area (Å²) in [7, 11) is 0. The molecule has 0 aliphatic rings. The number of aryl methyl sites for hydroxylation is 1. The highest BCUT2D eigenvalue weighted by Gasteiger charge is 2.17. The first-order valence-corrected chi connectivity index (χ1v) is 8.40. The van der Waals surface area contributed by atoms with Gasteiger partial charge < -0.3 is 0 Å². The second-order valence-corrected chi connectivity index (χ2v) is 6.31. The summed E-state index contributed by atoms with van der Waals surface area (Å²) in [4.78, 5) is 4.43. The van der Waals surface area contributed by atoms with Crippen molar-refractivity contribution in [3.8, 4) is 6.07 Å². The molecule has 4 rings (SSSR count). The number of nitrogens with zero attached hydrogens (tertiary/aromatic N) is 4. The summed E-state index contributed by atoms with van der Waals surface area (Å²) in [5.74, 6) is 0.161. The van der Waals surface area contributed by atoms with Gasteiger partial charge in [-0.25, -0.2) is 0 Å². The highest BCUT2D eigenvalue weighted by Crippen LogP contribution is 2.28. The van der Waals surface area contributed by atoms with Gasteiger partial charge in [-0.15, -0.1) is 0 Å². The molecule has 1 aromatic carbocycles. The van der Waals surface area contributed by atoms with Crippen molar-refractivity contribution in [3.63, 3.8) is 0 Å². The molecule has 0 bridgehead atoms.